The quantitative estimate of drug-likeness (QED) is 0.348. The zero-order chi connectivity index (χ0) is 19.4. The van der Waals surface area contributed by atoms with Crippen LogP contribution in [0.5, 0.6) is 0 Å². The number of benzene rings is 1. The van der Waals surface area contributed by atoms with Crippen molar-refractivity contribution in [2.45, 2.75) is 56.0 Å². The van der Waals surface area contributed by atoms with Crippen molar-refractivity contribution in [2.75, 3.05) is 0 Å². The molecular formula is C18H24O8. The Hall–Kier alpha value is -2.00. The van der Waals surface area contributed by atoms with E-state index in [1.807, 2.05) is 0 Å². The first-order valence-electron chi connectivity index (χ1n) is 8.45. The van der Waals surface area contributed by atoms with Gasteiger partial charge in [0.15, 0.2) is 0 Å². The first kappa shape index (κ1) is 20.3. The number of rotatable bonds is 9. The second-order valence-electron chi connectivity index (χ2n) is 6.80. The number of hydrogen-bond donors (Lipinski definition) is 6. The Balaban J connectivity index is 2.10. The van der Waals surface area contributed by atoms with Gasteiger partial charge in [-0.2, -0.15) is 0 Å². The third-order valence-electron chi connectivity index (χ3n) is 4.81. The average molecular weight is 368 g/mol. The smallest absolute Gasteiger partial charge is 0.309 e. The van der Waals surface area contributed by atoms with E-state index < -0.39 is 54.6 Å². The summed E-state index contributed by atoms with van der Waals surface area (Å²) in [5, 5.41) is 58.4. The average Bonchev–Trinajstić information content (AvgIpc) is 2.82. The summed E-state index contributed by atoms with van der Waals surface area (Å²) in [6.07, 6.45) is -5.89. The second kappa shape index (κ2) is 8.59. The van der Waals surface area contributed by atoms with E-state index in [1.165, 1.54) is 0 Å². The lowest BCUT2D eigenvalue weighted by Crippen LogP contribution is -2.39. The van der Waals surface area contributed by atoms with Crippen molar-refractivity contribution >= 4 is 11.9 Å². The molecule has 0 fully saturated rings. The van der Waals surface area contributed by atoms with Crippen molar-refractivity contribution in [3.05, 3.63) is 35.4 Å². The van der Waals surface area contributed by atoms with Crippen LogP contribution in [0.25, 0.3) is 0 Å². The maximum atomic E-state index is 11.8. The van der Waals surface area contributed by atoms with Crippen molar-refractivity contribution in [2.24, 2.45) is 5.92 Å². The largest absolute Gasteiger partial charge is 0.481 e. The number of carboxylic acids is 2. The van der Waals surface area contributed by atoms with Gasteiger partial charge in [0.1, 0.15) is 0 Å². The van der Waals surface area contributed by atoms with E-state index in [1.54, 1.807) is 24.3 Å². The van der Waals surface area contributed by atoms with Crippen LogP contribution in [0.1, 0.15) is 36.3 Å². The summed E-state index contributed by atoms with van der Waals surface area (Å²) in [6.45, 7) is 0. The lowest BCUT2D eigenvalue weighted by Gasteiger charge is -2.29. The van der Waals surface area contributed by atoms with Gasteiger partial charge >= 0.3 is 11.9 Å². The van der Waals surface area contributed by atoms with Gasteiger partial charge in [-0.05, 0) is 24.0 Å². The molecule has 26 heavy (non-hydrogen) atoms. The Labute approximate surface area is 150 Å². The van der Waals surface area contributed by atoms with Crippen LogP contribution in [-0.4, -0.2) is 67.0 Å². The molecule has 2 unspecified atom stereocenters. The van der Waals surface area contributed by atoms with Crippen molar-refractivity contribution in [3.63, 3.8) is 0 Å². The summed E-state index contributed by atoms with van der Waals surface area (Å²) in [5.74, 6) is -4.66. The molecule has 0 amide bonds. The Morgan fingerprint density at radius 2 is 1.69 bits per heavy atom. The van der Waals surface area contributed by atoms with Gasteiger partial charge in [-0.25, -0.2) is 0 Å². The van der Waals surface area contributed by atoms with E-state index in [0.29, 0.717) is 5.56 Å². The molecule has 6 N–H and O–H groups in total. The lowest BCUT2D eigenvalue weighted by molar-refractivity contribution is -0.149. The van der Waals surface area contributed by atoms with Gasteiger partial charge in [0.2, 0.25) is 0 Å². The van der Waals surface area contributed by atoms with Gasteiger partial charge in [-0.15, -0.1) is 0 Å². The number of hydrogen-bond acceptors (Lipinski definition) is 6. The van der Waals surface area contributed by atoms with Crippen LogP contribution in [0.4, 0.5) is 0 Å². The zero-order valence-electron chi connectivity index (χ0n) is 14.1. The molecular weight excluding hydrogens is 344 g/mol. The van der Waals surface area contributed by atoms with E-state index >= 15 is 0 Å². The normalized spacial score (nSPS) is 23.7. The number of fused-ring (bicyclic) bond motifs is 1. The minimum atomic E-state index is -1.47. The molecule has 0 saturated carbocycles. The molecule has 1 aliphatic carbocycles. The molecule has 6 atom stereocenters. The summed E-state index contributed by atoms with van der Waals surface area (Å²) in [5.41, 5.74) is 1.48. The molecule has 8 heteroatoms. The van der Waals surface area contributed by atoms with Gasteiger partial charge in [0.05, 0.1) is 36.8 Å². The molecule has 144 valence electrons. The monoisotopic (exact) mass is 368 g/mol. The first-order valence-corrected chi connectivity index (χ1v) is 8.45. The van der Waals surface area contributed by atoms with Crippen LogP contribution in [0, 0.1) is 5.92 Å². The van der Waals surface area contributed by atoms with E-state index in [4.69, 9.17) is 5.11 Å². The molecule has 1 aliphatic rings. The highest BCUT2D eigenvalue weighted by molar-refractivity contribution is 5.73. The molecule has 0 heterocycles. The minimum Gasteiger partial charge on any atom is -0.481 e. The summed E-state index contributed by atoms with van der Waals surface area (Å²) < 4.78 is 0. The molecule has 2 rings (SSSR count). The van der Waals surface area contributed by atoms with Gasteiger partial charge in [0.25, 0.3) is 0 Å². The van der Waals surface area contributed by atoms with Crippen LogP contribution in [0.15, 0.2) is 24.3 Å². The molecule has 0 aliphatic heterocycles. The van der Waals surface area contributed by atoms with Gasteiger partial charge in [0, 0.05) is 12.3 Å². The molecule has 1 aromatic carbocycles. The fourth-order valence-electron chi connectivity index (χ4n) is 3.72. The minimum absolute atomic E-state index is 0.289. The molecule has 1 aromatic rings. The Morgan fingerprint density at radius 3 is 2.31 bits per heavy atom. The molecule has 0 bridgehead atoms. The molecule has 0 aromatic heterocycles. The number of aliphatic carboxylic acids is 2. The summed E-state index contributed by atoms with van der Waals surface area (Å²) >= 11 is 0. The molecule has 8 nitrogen and oxygen atoms in total. The highest BCUT2D eigenvalue weighted by atomic mass is 16.4. The van der Waals surface area contributed by atoms with Crippen LogP contribution in [-0.2, 0) is 16.0 Å². The SMILES string of the molecule is O=C(O)C[C@H](O)CC(O)C[C@@H](O)C(C(=O)O)[C@H]1c2ccccc2C[C@H]1O. The number of carbonyl (C=O) groups is 2. The van der Waals surface area contributed by atoms with E-state index in [0.717, 1.165) is 5.56 Å². The third-order valence-corrected chi connectivity index (χ3v) is 4.81. The van der Waals surface area contributed by atoms with E-state index in [9.17, 15) is 35.1 Å². The standard InChI is InChI=1S/C18H24O8/c19-10(6-11(20)8-15(23)24)7-14(22)17(18(25)26)16-12-4-2-1-3-9(12)5-13(16)21/h1-4,10-11,13-14,16-17,19-22H,5-8H2,(H,23,24)(H,25,26)/t10?,11-,13-,14-,16+,17?/m1/s1. The predicted molar refractivity (Wildman–Crippen MR) is 89.5 cm³/mol. The highest BCUT2D eigenvalue weighted by Crippen LogP contribution is 2.40. The van der Waals surface area contributed by atoms with Crippen LogP contribution < -0.4 is 0 Å². The van der Waals surface area contributed by atoms with Gasteiger partial charge < -0.3 is 30.6 Å². The third kappa shape index (κ3) is 4.79. The van der Waals surface area contributed by atoms with E-state index in [2.05, 4.69) is 0 Å². The fraction of sp³-hybridized carbons (Fsp3) is 0.556. The van der Waals surface area contributed by atoms with Crippen LogP contribution in [0.3, 0.4) is 0 Å². The van der Waals surface area contributed by atoms with Crippen molar-refractivity contribution in [3.8, 4) is 0 Å². The molecule has 0 radical (unpaired) electrons. The Morgan fingerprint density at radius 1 is 1.04 bits per heavy atom. The summed E-state index contributed by atoms with van der Waals surface area (Å²) in [4.78, 5) is 22.3. The maximum absolute atomic E-state index is 11.8. The van der Waals surface area contributed by atoms with Gasteiger partial charge in [-0.3, -0.25) is 9.59 Å². The van der Waals surface area contributed by atoms with Gasteiger partial charge in [-0.1, -0.05) is 24.3 Å². The fourth-order valence-corrected chi connectivity index (χ4v) is 3.72. The summed E-state index contributed by atoms with van der Waals surface area (Å²) in [7, 11) is 0. The van der Waals surface area contributed by atoms with Crippen LogP contribution in [0.2, 0.25) is 0 Å². The number of aliphatic hydroxyl groups is 4. The topological polar surface area (TPSA) is 156 Å². The molecule has 0 saturated heterocycles. The van der Waals surface area contributed by atoms with Crippen molar-refractivity contribution < 1.29 is 40.2 Å². The zero-order valence-corrected chi connectivity index (χ0v) is 14.1. The van der Waals surface area contributed by atoms with Crippen molar-refractivity contribution in [1.82, 2.24) is 0 Å². The lowest BCUT2D eigenvalue weighted by atomic mass is 9.80. The van der Waals surface area contributed by atoms with Crippen molar-refractivity contribution in [1.29, 1.82) is 0 Å². The number of aliphatic hydroxyl groups excluding tert-OH is 4. The Bertz CT molecular complexity index is 646. The molecule has 0 spiro atoms. The first-order chi connectivity index (χ1) is 12.2. The highest BCUT2D eigenvalue weighted by Gasteiger charge is 2.44. The second-order valence-corrected chi connectivity index (χ2v) is 6.80. The van der Waals surface area contributed by atoms with Crippen LogP contribution >= 0.6 is 0 Å². The summed E-state index contributed by atoms with van der Waals surface area (Å²) in [6, 6.07) is 7.02. The Kier molecular flexibility index (Phi) is 6.71. The van der Waals surface area contributed by atoms with E-state index in [-0.39, 0.29) is 19.3 Å². The predicted octanol–water partition coefficient (Wildman–Crippen LogP) is -0.274. The number of carboxylic acid groups (broad SMARTS) is 2. The maximum Gasteiger partial charge on any atom is 0.309 e.